The van der Waals surface area contributed by atoms with Crippen LogP contribution < -0.4 is 4.74 Å². The number of carbonyl (C=O) groups is 2. The Morgan fingerprint density at radius 1 is 1.53 bits per heavy atom. The van der Waals surface area contributed by atoms with Gasteiger partial charge < -0.3 is 14.6 Å². The van der Waals surface area contributed by atoms with Crippen molar-refractivity contribution in [1.29, 1.82) is 0 Å². The highest BCUT2D eigenvalue weighted by molar-refractivity contribution is 6.32. The highest BCUT2D eigenvalue weighted by Crippen LogP contribution is 2.27. The van der Waals surface area contributed by atoms with Gasteiger partial charge in [0.15, 0.2) is 6.10 Å². The number of carbonyl (C=O) groups excluding carboxylic acids is 1. The van der Waals surface area contributed by atoms with Crippen LogP contribution in [0.1, 0.15) is 23.2 Å². The molecule has 6 heteroatoms. The number of benzene rings is 1. The molecule has 2 atom stereocenters. The van der Waals surface area contributed by atoms with Gasteiger partial charge in [0, 0.05) is 5.56 Å². The summed E-state index contributed by atoms with van der Waals surface area (Å²) in [6.07, 6.45) is 0.833. The first-order valence-corrected chi connectivity index (χ1v) is 6.23. The zero-order valence-corrected chi connectivity index (χ0v) is 10.8. The Hall–Kier alpha value is -1.59. The summed E-state index contributed by atoms with van der Waals surface area (Å²) in [6.45, 7) is 0.240. The van der Waals surface area contributed by atoms with Crippen LogP contribution in [0.4, 0.5) is 0 Å². The average Bonchev–Trinajstić information content (AvgIpc) is 2.86. The molecule has 0 saturated carbocycles. The van der Waals surface area contributed by atoms with E-state index in [0.29, 0.717) is 35.5 Å². The van der Waals surface area contributed by atoms with Gasteiger partial charge in [-0.3, -0.25) is 4.79 Å². The van der Waals surface area contributed by atoms with Crippen LogP contribution >= 0.6 is 11.6 Å². The van der Waals surface area contributed by atoms with Gasteiger partial charge in [-0.05, 0) is 31.0 Å². The van der Waals surface area contributed by atoms with E-state index in [2.05, 4.69) is 0 Å². The predicted molar refractivity (Wildman–Crippen MR) is 67.9 cm³/mol. The molecule has 1 aromatic carbocycles. The van der Waals surface area contributed by atoms with Crippen molar-refractivity contribution in [2.75, 3.05) is 6.61 Å². The minimum absolute atomic E-state index is 0.240. The van der Waals surface area contributed by atoms with E-state index in [1.165, 1.54) is 6.07 Å². The van der Waals surface area contributed by atoms with Crippen LogP contribution in [0.25, 0.3) is 0 Å². The largest absolute Gasteiger partial charge is 0.489 e. The summed E-state index contributed by atoms with van der Waals surface area (Å²) < 4.78 is 10.8. The van der Waals surface area contributed by atoms with Crippen LogP contribution in [-0.2, 0) is 9.53 Å². The van der Waals surface area contributed by atoms with E-state index >= 15 is 0 Å². The summed E-state index contributed by atoms with van der Waals surface area (Å²) in [6, 6.07) is 4.72. The molecule has 0 aliphatic carbocycles. The minimum Gasteiger partial charge on any atom is -0.489 e. The number of aliphatic carboxylic acids is 1. The van der Waals surface area contributed by atoms with Gasteiger partial charge >= 0.3 is 5.97 Å². The van der Waals surface area contributed by atoms with Crippen molar-refractivity contribution in [3.05, 3.63) is 28.8 Å². The van der Waals surface area contributed by atoms with Gasteiger partial charge in [-0.1, -0.05) is 11.6 Å². The third-order valence-corrected chi connectivity index (χ3v) is 3.20. The van der Waals surface area contributed by atoms with Crippen molar-refractivity contribution in [3.63, 3.8) is 0 Å². The second-order valence-electron chi connectivity index (χ2n) is 4.28. The molecular weight excluding hydrogens is 272 g/mol. The second kappa shape index (κ2) is 6.04. The van der Waals surface area contributed by atoms with Gasteiger partial charge in [0.25, 0.3) is 0 Å². The average molecular weight is 285 g/mol. The lowest BCUT2D eigenvalue weighted by molar-refractivity contribution is -0.149. The van der Waals surface area contributed by atoms with E-state index in [0.717, 1.165) is 0 Å². The van der Waals surface area contributed by atoms with E-state index in [9.17, 15) is 9.59 Å². The molecule has 2 unspecified atom stereocenters. The highest BCUT2D eigenvalue weighted by Gasteiger charge is 2.30. The third kappa shape index (κ3) is 3.45. The molecule has 0 spiro atoms. The van der Waals surface area contributed by atoms with Crippen molar-refractivity contribution in [1.82, 2.24) is 0 Å². The van der Waals surface area contributed by atoms with Gasteiger partial charge in [-0.25, -0.2) is 4.79 Å². The maximum absolute atomic E-state index is 10.7. The number of carboxylic acid groups (broad SMARTS) is 1. The van der Waals surface area contributed by atoms with Gasteiger partial charge in [0.1, 0.15) is 18.6 Å². The molecule has 1 aromatic rings. The minimum atomic E-state index is -0.948. The fourth-order valence-corrected chi connectivity index (χ4v) is 2.14. The van der Waals surface area contributed by atoms with Crippen LogP contribution in [0.15, 0.2) is 18.2 Å². The lowest BCUT2D eigenvalue weighted by atomic mass is 10.2. The number of halogens is 1. The molecule has 102 valence electrons. The third-order valence-electron chi connectivity index (χ3n) is 2.90. The number of aldehydes is 1. The Balaban J connectivity index is 1.89. The molecule has 1 saturated heterocycles. The Bertz CT molecular complexity index is 488. The summed E-state index contributed by atoms with van der Waals surface area (Å²) in [5, 5.41) is 9.14. The molecule has 1 aliphatic heterocycles. The molecule has 0 amide bonds. The second-order valence-corrected chi connectivity index (χ2v) is 4.69. The van der Waals surface area contributed by atoms with Crippen molar-refractivity contribution < 1.29 is 24.2 Å². The topological polar surface area (TPSA) is 72.8 Å². The summed E-state index contributed by atoms with van der Waals surface area (Å²) in [5.41, 5.74) is 0.473. The molecule has 1 heterocycles. The number of hydrogen-bond acceptors (Lipinski definition) is 4. The molecular formula is C13H13ClO5. The molecule has 1 N–H and O–H groups in total. The van der Waals surface area contributed by atoms with E-state index in [4.69, 9.17) is 26.2 Å². The van der Waals surface area contributed by atoms with Crippen molar-refractivity contribution >= 4 is 23.9 Å². The van der Waals surface area contributed by atoms with E-state index in [1.54, 1.807) is 12.1 Å². The summed E-state index contributed by atoms with van der Waals surface area (Å²) in [4.78, 5) is 21.3. The van der Waals surface area contributed by atoms with E-state index in [-0.39, 0.29) is 12.7 Å². The van der Waals surface area contributed by atoms with Gasteiger partial charge in [-0.2, -0.15) is 0 Å². The molecule has 2 rings (SSSR count). The monoisotopic (exact) mass is 284 g/mol. The maximum Gasteiger partial charge on any atom is 0.332 e. The zero-order valence-electron chi connectivity index (χ0n) is 10.0. The summed E-state index contributed by atoms with van der Waals surface area (Å²) in [7, 11) is 0. The molecule has 5 nitrogen and oxygen atoms in total. The maximum atomic E-state index is 10.7. The number of rotatable bonds is 5. The molecule has 1 fully saturated rings. The lowest BCUT2D eigenvalue weighted by Crippen LogP contribution is -2.23. The first-order valence-electron chi connectivity index (χ1n) is 5.86. The number of hydrogen-bond donors (Lipinski definition) is 1. The van der Waals surface area contributed by atoms with Gasteiger partial charge in [-0.15, -0.1) is 0 Å². The van der Waals surface area contributed by atoms with E-state index < -0.39 is 12.1 Å². The van der Waals surface area contributed by atoms with Crippen LogP contribution in [0.2, 0.25) is 5.02 Å². The Labute approximate surface area is 115 Å². The number of ether oxygens (including phenoxy) is 2. The SMILES string of the molecule is O=Cc1ccc(OCC2CCC(C(=O)O)O2)c(Cl)c1. The molecule has 0 aromatic heterocycles. The number of carboxylic acids is 1. The fraction of sp³-hybridized carbons (Fsp3) is 0.385. The van der Waals surface area contributed by atoms with Crippen molar-refractivity contribution in [2.45, 2.75) is 25.0 Å². The fourth-order valence-electron chi connectivity index (χ4n) is 1.90. The van der Waals surface area contributed by atoms with E-state index in [1.807, 2.05) is 0 Å². The molecule has 19 heavy (non-hydrogen) atoms. The molecule has 1 aliphatic rings. The predicted octanol–water partition coefficient (Wildman–Crippen LogP) is 2.16. The first kappa shape index (κ1) is 13.8. The van der Waals surface area contributed by atoms with Crippen LogP contribution in [0.5, 0.6) is 5.75 Å². The zero-order chi connectivity index (χ0) is 13.8. The lowest BCUT2D eigenvalue weighted by Gasteiger charge is -2.13. The summed E-state index contributed by atoms with van der Waals surface area (Å²) in [5.74, 6) is -0.495. The molecule has 0 radical (unpaired) electrons. The smallest absolute Gasteiger partial charge is 0.332 e. The quantitative estimate of drug-likeness (QED) is 0.839. The Morgan fingerprint density at radius 3 is 2.89 bits per heavy atom. The van der Waals surface area contributed by atoms with Crippen LogP contribution in [0, 0.1) is 0 Å². The van der Waals surface area contributed by atoms with Crippen molar-refractivity contribution in [3.8, 4) is 5.75 Å². The normalized spacial score (nSPS) is 22.2. The van der Waals surface area contributed by atoms with Crippen LogP contribution in [0.3, 0.4) is 0 Å². The highest BCUT2D eigenvalue weighted by atomic mass is 35.5. The Morgan fingerprint density at radius 2 is 2.32 bits per heavy atom. The standard InChI is InChI=1S/C13H13ClO5/c14-10-5-8(6-15)1-3-11(10)18-7-9-2-4-12(19-9)13(16)17/h1,3,5-6,9,12H,2,4,7H2,(H,16,17). The van der Waals surface area contributed by atoms with Gasteiger partial charge in [0.05, 0.1) is 11.1 Å². The first-order chi connectivity index (χ1) is 9.10. The van der Waals surface area contributed by atoms with Gasteiger partial charge in [0.2, 0.25) is 0 Å². The summed E-state index contributed by atoms with van der Waals surface area (Å²) >= 11 is 5.95. The van der Waals surface area contributed by atoms with Crippen LogP contribution in [-0.4, -0.2) is 36.2 Å². The Kier molecular flexibility index (Phi) is 4.39. The van der Waals surface area contributed by atoms with Crippen molar-refractivity contribution in [2.24, 2.45) is 0 Å². The molecule has 0 bridgehead atoms.